The van der Waals surface area contributed by atoms with Crippen LogP contribution in [0, 0.1) is 0 Å². The Morgan fingerprint density at radius 2 is 2.71 bits per heavy atom. The van der Waals surface area contributed by atoms with E-state index in [2.05, 4.69) is 4.84 Å². The summed E-state index contributed by atoms with van der Waals surface area (Å²) < 4.78 is 4.69. The molecule has 0 radical (unpaired) electrons. The fourth-order valence-electron chi connectivity index (χ4n) is 0.551. The smallest absolute Gasteiger partial charge is 0.290 e. The van der Waals surface area contributed by atoms with Gasteiger partial charge in [0.2, 0.25) is 0 Å². The lowest BCUT2D eigenvalue weighted by molar-refractivity contribution is -0.134. The minimum absolute atomic E-state index is 0.0787. The molecule has 38 valence electrons. The van der Waals surface area contributed by atoms with E-state index < -0.39 is 0 Å². The molecule has 2 heterocycles. The molecule has 0 spiro atoms. The average Bonchev–Trinajstić information content (AvgIpc) is 2.33. The summed E-state index contributed by atoms with van der Waals surface area (Å²) >= 11 is 0. The summed E-state index contributed by atoms with van der Waals surface area (Å²) in [6.07, 6.45) is -0.326. The predicted molar refractivity (Wildman–Crippen MR) is 17.7 cm³/mol. The van der Waals surface area contributed by atoms with Gasteiger partial charge in [-0.05, 0) is 0 Å². The van der Waals surface area contributed by atoms with Crippen molar-refractivity contribution in [2.24, 2.45) is 0 Å². The molecule has 2 fully saturated rings. The first-order valence-corrected chi connectivity index (χ1v) is 1.98. The van der Waals surface area contributed by atoms with Crippen LogP contribution in [-0.2, 0) is 14.4 Å². The summed E-state index contributed by atoms with van der Waals surface area (Å²) in [5.41, 5.74) is 0. The van der Waals surface area contributed by atoms with Gasteiger partial charge >= 0.3 is 0 Å². The van der Waals surface area contributed by atoms with E-state index in [0.717, 1.165) is 0 Å². The molecule has 4 heteroatoms. The van der Waals surface area contributed by atoms with Crippen LogP contribution in [0.4, 0.5) is 0 Å². The van der Waals surface area contributed by atoms with Gasteiger partial charge < -0.3 is 4.74 Å². The average molecular weight is 101 g/mol. The molecule has 2 aliphatic rings. The molecule has 2 saturated heterocycles. The van der Waals surface area contributed by atoms with Crippen molar-refractivity contribution in [3.8, 4) is 0 Å². The zero-order valence-electron chi connectivity index (χ0n) is 3.46. The molecule has 1 atom stereocenters. The lowest BCUT2D eigenvalue weighted by Crippen LogP contribution is -2.07. The van der Waals surface area contributed by atoms with Crippen molar-refractivity contribution in [3.05, 3.63) is 0 Å². The molecule has 4 nitrogen and oxygen atoms in total. The number of carbonyl (C=O) groups is 1. The van der Waals surface area contributed by atoms with Crippen molar-refractivity contribution in [2.75, 3.05) is 6.61 Å². The highest BCUT2D eigenvalue weighted by Gasteiger charge is 2.48. The minimum atomic E-state index is -0.326. The van der Waals surface area contributed by atoms with Gasteiger partial charge in [-0.1, -0.05) is 0 Å². The van der Waals surface area contributed by atoms with Crippen LogP contribution < -0.4 is 0 Å². The van der Waals surface area contributed by atoms with Crippen LogP contribution in [0.15, 0.2) is 0 Å². The summed E-state index contributed by atoms with van der Waals surface area (Å²) in [6.45, 7) is 0.185. The van der Waals surface area contributed by atoms with Crippen LogP contribution in [0.25, 0.3) is 0 Å². The first-order valence-electron chi connectivity index (χ1n) is 1.98. The SMILES string of the molecule is O=C1COC2ON12. The maximum Gasteiger partial charge on any atom is 0.290 e. The van der Waals surface area contributed by atoms with Crippen molar-refractivity contribution in [3.63, 3.8) is 0 Å². The zero-order chi connectivity index (χ0) is 4.85. The standard InChI is InChI=1S/C3H3NO3/c5-2-1-6-3-4(2)7-3/h3H,1H2. The third-order valence-corrected chi connectivity index (χ3v) is 0.945. The highest BCUT2D eigenvalue weighted by Crippen LogP contribution is 2.26. The van der Waals surface area contributed by atoms with Gasteiger partial charge in [-0.2, -0.15) is 5.06 Å². The molecule has 0 aliphatic carbocycles. The highest BCUT2D eigenvalue weighted by atomic mass is 17.0. The molecule has 2 rings (SSSR count). The fourth-order valence-corrected chi connectivity index (χ4v) is 0.551. The maximum absolute atomic E-state index is 10.3. The summed E-state index contributed by atoms with van der Waals surface area (Å²) in [5, 5.41) is 1.21. The molecule has 0 aromatic heterocycles. The third kappa shape index (κ3) is 0.299. The number of hydrogen-bond acceptors (Lipinski definition) is 3. The number of fused-ring (bicyclic) bond motifs is 1. The van der Waals surface area contributed by atoms with Crippen molar-refractivity contribution < 1.29 is 14.4 Å². The van der Waals surface area contributed by atoms with Crippen molar-refractivity contribution in [2.45, 2.75) is 6.41 Å². The van der Waals surface area contributed by atoms with Gasteiger partial charge in [0.15, 0.2) is 0 Å². The molecule has 0 saturated carbocycles. The van der Waals surface area contributed by atoms with Crippen LogP contribution in [-0.4, -0.2) is 24.0 Å². The Morgan fingerprint density at radius 1 is 1.86 bits per heavy atom. The van der Waals surface area contributed by atoms with Gasteiger partial charge in [-0.15, -0.1) is 0 Å². The van der Waals surface area contributed by atoms with E-state index in [-0.39, 0.29) is 18.9 Å². The molecule has 1 amide bonds. The summed E-state index contributed by atoms with van der Waals surface area (Å²) in [4.78, 5) is 14.8. The largest absolute Gasteiger partial charge is 0.322 e. The molecule has 0 N–H and O–H groups in total. The zero-order valence-corrected chi connectivity index (χ0v) is 3.46. The summed E-state index contributed by atoms with van der Waals surface area (Å²) in [7, 11) is 0. The quantitative estimate of drug-likeness (QED) is 0.370. The Kier molecular flexibility index (Phi) is 0.389. The predicted octanol–water partition coefficient (Wildman–Crippen LogP) is -0.926. The van der Waals surface area contributed by atoms with E-state index >= 15 is 0 Å². The van der Waals surface area contributed by atoms with Gasteiger partial charge in [-0.3, -0.25) is 4.79 Å². The molecular weight excluding hydrogens is 98.0 g/mol. The normalized spacial score (nSPS) is 36.3. The number of hydrogen-bond donors (Lipinski definition) is 0. The van der Waals surface area contributed by atoms with E-state index in [1.54, 1.807) is 0 Å². The molecule has 2 aliphatic heterocycles. The monoisotopic (exact) mass is 101 g/mol. The molecule has 0 aromatic carbocycles. The number of ether oxygens (including phenoxy) is 1. The van der Waals surface area contributed by atoms with Gasteiger partial charge in [-0.25, -0.2) is 4.84 Å². The van der Waals surface area contributed by atoms with Crippen molar-refractivity contribution >= 4 is 5.91 Å². The highest BCUT2D eigenvalue weighted by molar-refractivity contribution is 5.79. The van der Waals surface area contributed by atoms with Crippen LogP contribution in [0.2, 0.25) is 0 Å². The lowest BCUT2D eigenvalue weighted by Gasteiger charge is -1.83. The van der Waals surface area contributed by atoms with Crippen LogP contribution in [0.5, 0.6) is 0 Å². The second-order valence-corrected chi connectivity index (χ2v) is 1.44. The van der Waals surface area contributed by atoms with Gasteiger partial charge in [0.1, 0.15) is 6.61 Å². The number of rotatable bonds is 0. The Hall–Kier alpha value is -0.610. The minimum Gasteiger partial charge on any atom is -0.322 e. The van der Waals surface area contributed by atoms with Gasteiger partial charge in [0.05, 0.1) is 0 Å². The van der Waals surface area contributed by atoms with E-state index in [1.165, 1.54) is 5.06 Å². The van der Waals surface area contributed by atoms with Crippen LogP contribution >= 0.6 is 0 Å². The van der Waals surface area contributed by atoms with Gasteiger partial charge in [0, 0.05) is 0 Å². The number of amides is 1. The summed E-state index contributed by atoms with van der Waals surface area (Å²) in [5.74, 6) is -0.0787. The van der Waals surface area contributed by atoms with Gasteiger partial charge in [0.25, 0.3) is 12.3 Å². The van der Waals surface area contributed by atoms with E-state index in [4.69, 9.17) is 4.74 Å². The summed E-state index contributed by atoms with van der Waals surface area (Å²) in [6, 6.07) is 0. The Morgan fingerprint density at radius 3 is 2.86 bits per heavy atom. The topological polar surface area (TPSA) is 41.8 Å². The van der Waals surface area contributed by atoms with Crippen molar-refractivity contribution in [1.82, 2.24) is 5.06 Å². The van der Waals surface area contributed by atoms with E-state index in [0.29, 0.717) is 0 Å². The van der Waals surface area contributed by atoms with Crippen molar-refractivity contribution in [1.29, 1.82) is 0 Å². The Bertz CT molecular complexity index is 123. The number of hydroxylamine groups is 2. The second kappa shape index (κ2) is 0.801. The van der Waals surface area contributed by atoms with E-state index in [1.807, 2.05) is 0 Å². The van der Waals surface area contributed by atoms with E-state index in [9.17, 15) is 4.79 Å². The molecular formula is C3H3NO3. The van der Waals surface area contributed by atoms with Crippen LogP contribution in [0.3, 0.4) is 0 Å². The van der Waals surface area contributed by atoms with Crippen LogP contribution in [0.1, 0.15) is 0 Å². The Balaban J connectivity index is 2.21. The molecule has 0 aromatic rings. The number of carbonyl (C=O) groups excluding carboxylic acids is 1. The third-order valence-electron chi connectivity index (χ3n) is 0.945. The number of nitrogens with zero attached hydrogens (tertiary/aromatic N) is 1. The first kappa shape index (κ1) is 3.40. The Labute approximate surface area is 39.6 Å². The maximum atomic E-state index is 10.3. The fraction of sp³-hybridized carbons (Fsp3) is 0.667. The second-order valence-electron chi connectivity index (χ2n) is 1.44. The molecule has 1 unspecified atom stereocenters. The lowest BCUT2D eigenvalue weighted by atomic mass is 10.7. The first-order chi connectivity index (χ1) is 3.38. The molecule has 0 bridgehead atoms. The molecule has 7 heavy (non-hydrogen) atoms.